The van der Waals surface area contributed by atoms with Gasteiger partial charge in [0.25, 0.3) is 0 Å². The summed E-state index contributed by atoms with van der Waals surface area (Å²) in [5, 5.41) is 16.9. The van der Waals surface area contributed by atoms with Crippen LogP contribution in [0.15, 0.2) is 41.1 Å². The van der Waals surface area contributed by atoms with Crippen molar-refractivity contribution >= 4 is 11.8 Å². The van der Waals surface area contributed by atoms with Crippen LogP contribution in [0.1, 0.15) is 56.0 Å². The van der Waals surface area contributed by atoms with Crippen molar-refractivity contribution in [2.45, 2.75) is 51.3 Å². The molecule has 3 rings (SSSR count). The molecule has 0 radical (unpaired) electrons. The molecule has 30 heavy (non-hydrogen) atoms. The lowest BCUT2D eigenvalue weighted by Crippen LogP contribution is -2.48. The number of aromatic nitrogens is 1. The zero-order valence-corrected chi connectivity index (χ0v) is 17.4. The van der Waals surface area contributed by atoms with E-state index in [9.17, 15) is 14.7 Å². The first-order valence-electron chi connectivity index (χ1n) is 10.1. The van der Waals surface area contributed by atoms with Crippen LogP contribution in [0.3, 0.4) is 0 Å². The molecule has 1 aromatic carbocycles. The molecule has 1 fully saturated rings. The molecule has 1 aliphatic rings. The van der Waals surface area contributed by atoms with Gasteiger partial charge in [0.05, 0.1) is 18.3 Å². The Morgan fingerprint density at radius 2 is 1.97 bits per heavy atom. The molecule has 1 saturated heterocycles. The Morgan fingerprint density at radius 1 is 1.27 bits per heavy atom. The van der Waals surface area contributed by atoms with E-state index in [1.54, 1.807) is 6.07 Å². The second-order valence-electron chi connectivity index (χ2n) is 8.03. The monoisotopic (exact) mass is 409 g/mol. The molecule has 4 atom stereocenters. The van der Waals surface area contributed by atoms with E-state index >= 15 is 0 Å². The highest BCUT2D eigenvalue weighted by Gasteiger charge is 2.43. The van der Waals surface area contributed by atoms with Gasteiger partial charge in [-0.15, -0.1) is 6.42 Å². The molecule has 2 heterocycles. The van der Waals surface area contributed by atoms with Gasteiger partial charge in [0.2, 0.25) is 11.8 Å². The van der Waals surface area contributed by atoms with E-state index in [1.807, 2.05) is 45.0 Å². The molecule has 7 nitrogen and oxygen atoms in total. The molecule has 2 amide bonds. The summed E-state index contributed by atoms with van der Waals surface area (Å²) in [5.41, 5.74) is 1.67. The third-order valence-corrected chi connectivity index (χ3v) is 5.50. The maximum absolute atomic E-state index is 13.3. The fourth-order valence-corrected chi connectivity index (χ4v) is 3.87. The number of likely N-dealkylation sites (tertiary alicyclic amines) is 1. The number of aliphatic hydroxyl groups excluding tert-OH is 1. The molecule has 0 spiro atoms. The van der Waals surface area contributed by atoms with Crippen molar-refractivity contribution in [2.24, 2.45) is 5.92 Å². The number of amides is 2. The molecular weight excluding hydrogens is 382 g/mol. The average Bonchev–Trinajstić information content (AvgIpc) is 3.37. The Hall–Kier alpha value is -3.11. The Bertz CT molecular complexity index is 915. The number of terminal acetylenes is 1. The Labute approximate surface area is 176 Å². The largest absolute Gasteiger partial charge is 0.391 e. The molecule has 2 N–H and O–H groups in total. The quantitative estimate of drug-likeness (QED) is 0.714. The van der Waals surface area contributed by atoms with Crippen LogP contribution in [-0.2, 0) is 9.59 Å². The maximum atomic E-state index is 13.3. The molecule has 2 aromatic rings. The average molecular weight is 409 g/mol. The maximum Gasteiger partial charge on any atom is 0.243 e. The van der Waals surface area contributed by atoms with Gasteiger partial charge in [-0.05, 0) is 30.5 Å². The number of nitrogens with zero attached hydrogens (tertiary/aromatic N) is 2. The third-order valence-electron chi connectivity index (χ3n) is 5.50. The summed E-state index contributed by atoms with van der Waals surface area (Å²) >= 11 is 0. The van der Waals surface area contributed by atoms with Gasteiger partial charge < -0.3 is 19.8 Å². The summed E-state index contributed by atoms with van der Waals surface area (Å²) in [4.78, 5) is 27.8. The van der Waals surface area contributed by atoms with Gasteiger partial charge in [-0.3, -0.25) is 9.59 Å². The normalized spacial score (nSPS) is 20.6. The van der Waals surface area contributed by atoms with E-state index in [4.69, 9.17) is 10.9 Å². The molecule has 1 aromatic heterocycles. The highest BCUT2D eigenvalue weighted by Crippen LogP contribution is 2.30. The SMILES string of the molecule is C#Cc1ccc([C@H](C)NC(=O)[C@@H]2C[C@@H](O)CN2C(=O)[C@H](c2ccno2)C(C)C)cc1. The predicted molar refractivity (Wildman–Crippen MR) is 111 cm³/mol. The van der Waals surface area contributed by atoms with E-state index in [0.29, 0.717) is 5.76 Å². The van der Waals surface area contributed by atoms with Crippen LogP contribution in [0.2, 0.25) is 0 Å². The number of hydrogen-bond acceptors (Lipinski definition) is 5. The summed E-state index contributed by atoms with van der Waals surface area (Å²) in [6.07, 6.45) is 6.32. The smallest absolute Gasteiger partial charge is 0.243 e. The molecule has 1 aliphatic heterocycles. The van der Waals surface area contributed by atoms with Crippen molar-refractivity contribution in [3.8, 4) is 12.3 Å². The lowest BCUT2D eigenvalue weighted by molar-refractivity contribution is -0.141. The van der Waals surface area contributed by atoms with Crippen LogP contribution >= 0.6 is 0 Å². The number of carbonyl (C=O) groups is 2. The second-order valence-corrected chi connectivity index (χ2v) is 8.03. The summed E-state index contributed by atoms with van der Waals surface area (Å²) in [5.74, 6) is 1.85. The number of nitrogens with one attached hydrogen (secondary N) is 1. The minimum absolute atomic E-state index is 0.0551. The summed E-state index contributed by atoms with van der Waals surface area (Å²) < 4.78 is 5.23. The second kappa shape index (κ2) is 9.14. The van der Waals surface area contributed by atoms with E-state index < -0.39 is 18.1 Å². The Morgan fingerprint density at radius 3 is 2.53 bits per heavy atom. The Kier molecular flexibility index (Phi) is 6.58. The van der Waals surface area contributed by atoms with Gasteiger partial charge in [-0.25, -0.2) is 0 Å². The number of carbonyl (C=O) groups excluding carboxylic acids is 2. The van der Waals surface area contributed by atoms with Gasteiger partial charge in [0.15, 0.2) is 0 Å². The van der Waals surface area contributed by atoms with Crippen molar-refractivity contribution in [3.05, 3.63) is 53.4 Å². The minimum atomic E-state index is -0.752. The van der Waals surface area contributed by atoms with Crippen LogP contribution in [0.5, 0.6) is 0 Å². The van der Waals surface area contributed by atoms with Crippen LogP contribution in [0.25, 0.3) is 0 Å². The van der Waals surface area contributed by atoms with Crippen LogP contribution < -0.4 is 5.32 Å². The molecule has 7 heteroatoms. The summed E-state index contributed by atoms with van der Waals surface area (Å²) in [6, 6.07) is 8.01. The van der Waals surface area contributed by atoms with E-state index in [0.717, 1.165) is 11.1 Å². The highest BCUT2D eigenvalue weighted by atomic mass is 16.5. The summed E-state index contributed by atoms with van der Waals surface area (Å²) in [7, 11) is 0. The topological polar surface area (TPSA) is 95.7 Å². The highest BCUT2D eigenvalue weighted by molar-refractivity contribution is 5.91. The fraction of sp³-hybridized carbons (Fsp3) is 0.435. The van der Waals surface area contributed by atoms with Crippen molar-refractivity contribution < 1.29 is 19.2 Å². The van der Waals surface area contributed by atoms with E-state index in [2.05, 4.69) is 16.4 Å². The van der Waals surface area contributed by atoms with Gasteiger partial charge in [-0.1, -0.05) is 37.1 Å². The molecular formula is C23H27N3O4. The van der Waals surface area contributed by atoms with Crippen LogP contribution in [0.4, 0.5) is 0 Å². The first-order valence-corrected chi connectivity index (χ1v) is 10.1. The molecule has 0 aliphatic carbocycles. The fourth-order valence-electron chi connectivity index (χ4n) is 3.87. The molecule has 158 valence electrons. The number of rotatable bonds is 6. The standard InChI is InChI=1S/C23H27N3O4/c1-5-16-6-8-17(9-7-16)15(4)25-22(28)19-12-18(27)13-26(19)23(29)21(14(2)3)20-10-11-24-30-20/h1,6-11,14-15,18-19,21,27H,12-13H2,2-4H3,(H,25,28)/t15-,18+,19-,21-/m0/s1. The van der Waals surface area contributed by atoms with E-state index in [-0.39, 0.29) is 36.7 Å². The molecule has 0 bridgehead atoms. The van der Waals surface area contributed by atoms with Crippen LogP contribution in [-0.4, -0.2) is 45.7 Å². The Balaban J connectivity index is 1.75. The number of hydrogen-bond donors (Lipinski definition) is 2. The van der Waals surface area contributed by atoms with Gasteiger partial charge >= 0.3 is 0 Å². The number of aliphatic hydroxyl groups is 1. The van der Waals surface area contributed by atoms with Gasteiger partial charge in [0, 0.05) is 24.6 Å². The van der Waals surface area contributed by atoms with Crippen molar-refractivity contribution in [1.82, 2.24) is 15.4 Å². The van der Waals surface area contributed by atoms with E-state index in [1.165, 1.54) is 11.1 Å². The van der Waals surface area contributed by atoms with Crippen LogP contribution in [0, 0.1) is 18.3 Å². The lowest BCUT2D eigenvalue weighted by Gasteiger charge is -2.29. The molecule has 0 saturated carbocycles. The zero-order valence-electron chi connectivity index (χ0n) is 17.4. The van der Waals surface area contributed by atoms with Crippen molar-refractivity contribution in [1.29, 1.82) is 0 Å². The van der Waals surface area contributed by atoms with Crippen molar-refractivity contribution in [3.63, 3.8) is 0 Å². The minimum Gasteiger partial charge on any atom is -0.391 e. The number of β-amino-alcohol motifs (C(OH)–C–C–N with tert-alkyl or cyclic N) is 1. The lowest BCUT2D eigenvalue weighted by atomic mass is 9.91. The van der Waals surface area contributed by atoms with Gasteiger partial charge in [0.1, 0.15) is 17.7 Å². The number of benzene rings is 1. The third kappa shape index (κ3) is 4.55. The first-order chi connectivity index (χ1) is 14.3. The molecule has 0 unspecified atom stereocenters. The zero-order chi connectivity index (χ0) is 21.8. The summed E-state index contributed by atoms with van der Waals surface area (Å²) in [6.45, 7) is 5.80. The first kappa shape index (κ1) is 21.6. The predicted octanol–water partition coefficient (Wildman–Crippen LogP) is 2.23. The van der Waals surface area contributed by atoms with Crippen molar-refractivity contribution in [2.75, 3.05) is 6.54 Å². The van der Waals surface area contributed by atoms with Gasteiger partial charge in [-0.2, -0.15) is 0 Å².